The molecule has 2 aromatic carbocycles. The van der Waals surface area contributed by atoms with Crippen molar-refractivity contribution >= 4 is 39.1 Å². The zero-order chi connectivity index (χ0) is 14.0. The Kier molecular flexibility index (Phi) is 4.82. The molecule has 0 saturated carbocycles. The molecule has 0 aliphatic heterocycles. The third kappa shape index (κ3) is 3.68. The first kappa shape index (κ1) is 14.8. The van der Waals surface area contributed by atoms with Crippen LogP contribution in [0.25, 0.3) is 0 Å². The van der Waals surface area contributed by atoms with Crippen molar-refractivity contribution < 1.29 is 8.78 Å². The van der Waals surface area contributed by atoms with E-state index in [-0.39, 0.29) is 6.42 Å². The van der Waals surface area contributed by atoms with Gasteiger partial charge in [-0.05, 0) is 51.7 Å². The van der Waals surface area contributed by atoms with Gasteiger partial charge in [-0.1, -0.05) is 23.7 Å². The maximum Gasteiger partial charge on any atom is 0.129 e. The Morgan fingerprint density at radius 2 is 1.84 bits per heavy atom. The first-order valence-corrected chi connectivity index (χ1v) is 7.11. The van der Waals surface area contributed by atoms with Crippen LogP contribution in [0.1, 0.15) is 16.5 Å². The predicted molar refractivity (Wildman–Crippen MR) is 77.8 cm³/mol. The van der Waals surface area contributed by atoms with Crippen LogP contribution in [0.2, 0.25) is 5.02 Å². The molecule has 0 saturated heterocycles. The summed E-state index contributed by atoms with van der Waals surface area (Å²) in [5.41, 5.74) is 1.20. The van der Waals surface area contributed by atoms with Gasteiger partial charge >= 0.3 is 0 Å². The number of hydrogen-bond donors (Lipinski definition) is 0. The fraction of sp³-hybridized carbons (Fsp3) is 0.143. The molecule has 0 spiro atoms. The topological polar surface area (TPSA) is 0 Å². The van der Waals surface area contributed by atoms with E-state index in [2.05, 4.69) is 15.9 Å². The van der Waals surface area contributed by atoms with E-state index >= 15 is 0 Å². The highest BCUT2D eigenvalue weighted by Gasteiger charge is 2.13. The Bertz CT molecular complexity index is 602. The standard InChI is InChI=1S/C14H9BrCl2F2/c15-11-5-8(2-4-12(11)16)13(17)6-9-1-3-10(18)7-14(9)19/h1-5,7,13H,6H2. The van der Waals surface area contributed by atoms with Gasteiger partial charge in [-0.2, -0.15) is 0 Å². The van der Waals surface area contributed by atoms with Gasteiger partial charge in [0.15, 0.2) is 0 Å². The second kappa shape index (κ2) is 6.21. The molecule has 0 aliphatic carbocycles. The van der Waals surface area contributed by atoms with Crippen molar-refractivity contribution in [1.82, 2.24) is 0 Å². The zero-order valence-corrected chi connectivity index (χ0v) is 12.7. The van der Waals surface area contributed by atoms with Crippen molar-refractivity contribution in [3.05, 3.63) is 68.7 Å². The summed E-state index contributed by atoms with van der Waals surface area (Å²) in [5.74, 6) is -1.18. The number of alkyl halides is 1. The maximum absolute atomic E-state index is 13.5. The lowest BCUT2D eigenvalue weighted by atomic mass is 10.0. The van der Waals surface area contributed by atoms with Crippen molar-refractivity contribution in [3.8, 4) is 0 Å². The summed E-state index contributed by atoms with van der Waals surface area (Å²) < 4.78 is 27.1. The Morgan fingerprint density at radius 1 is 1.11 bits per heavy atom. The van der Waals surface area contributed by atoms with Gasteiger partial charge in [-0.15, -0.1) is 11.6 Å². The fourth-order valence-electron chi connectivity index (χ4n) is 1.71. The lowest BCUT2D eigenvalue weighted by Crippen LogP contribution is -1.99. The molecule has 0 heterocycles. The molecule has 0 amide bonds. The van der Waals surface area contributed by atoms with Gasteiger partial charge < -0.3 is 0 Å². The quantitative estimate of drug-likeness (QED) is 0.593. The molecule has 0 nitrogen and oxygen atoms in total. The molecule has 5 heteroatoms. The second-order valence-electron chi connectivity index (χ2n) is 4.08. The summed E-state index contributed by atoms with van der Waals surface area (Å²) in [4.78, 5) is 0. The number of hydrogen-bond acceptors (Lipinski definition) is 0. The molecule has 0 aromatic heterocycles. The van der Waals surface area contributed by atoms with E-state index in [1.807, 2.05) is 0 Å². The number of benzene rings is 2. The van der Waals surface area contributed by atoms with Gasteiger partial charge in [0.05, 0.1) is 10.4 Å². The molecule has 0 fully saturated rings. The van der Waals surface area contributed by atoms with Crippen LogP contribution in [0, 0.1) is 11.6 Å². The summed E-state index contributed by atoms with van der Waals surface area (Å²) in [7, 11) is 0. The fourth-order valence-corrected chi connectivity index (χ4v) is 2.52. The summed E-state index contributed by atoms with van der Waals surface area (Å²) in [6.45, 7) is 0. The minimum atomic E-state index is -0.596. The van der Waals surface area contributed by atoms with Crippen LogP contribution in [0.4, 0.5) is 8.78 Å². The average molecular weight is 366 g/mol. The Hall–Kier alpha value is -0.640. The van der Waals surface area contributed by atoms with Gasteiger partial charge in [0.25, 0.3) is 0 Å². The summed E-state index contributed by atoms with van der Waals surface area (Å²) in [5, 5.41) is 0.175. The third-order valence-electron chi connectivity index (χ3n) is 2.72. The van der Waals surface area contributed by atoms with Crippen molar-refractivity contribution in [3.63, 3.8) is 0 Å². The minimum absolute atomic E-state index is 0.280. The first-order valence-electron chi connectivity index (χ1n) is 5.50. The van der Waals surface area contributed by atoms with E-state index in [4.69, 9.17) is 23.2 Å². The van der Waals surface area contributed by atoms with Gasteiger partial charge in [0.1, 0.15) is 11.6 Å². The number of halogens is 5. The highest BCUT2D eigenvalue weighted by molar-refractivity contribution is 9.10. The molecule has 19 heavy (non-hydrogen) atoms. The summed E-state index contributed by atoms with van der Waals surface area (Å²) >= 11 is 15.5. The maximum atomic E-state index is 13.5. The van der Waals surface area contributed by atoms with Gasteiger partial charge in [0, 0.05) is 10.5 Å². The lowest BCUT2D eigenvalue weighted by Gasteiger charge is -2.11. The van der Waals surface area contributed by atoms with Crippen LogP contribution >= 0.6 is 39.1 Å². The highest BCUT2D eigenvalue weighted by Crippen LogP contribution is 2.31. The van der Waals surface area contributed by atoms with E-state index in [1.54, 1.807) is 18.2 Å². The predicted octanol–water partition coefficient (Wildman–Crippen LogP) is 5.90. The first-order chi connectivity index (χ1) is 8.97. The van der Waals surface area contributed by atoms with Crippen molar-refractivity contribution in [2.75, 3.05) is 0 Å². The summed E-state index contributed by atoms with van der Waals surface area (Å²) in [6, 6.07) is 8.78. The minimum Gasteiger partial charge on any atom is -0.207 e. The third-order valence-corrected chi connectivity index (χ3v) is 4.34. The monoisotopic (exact) mass is 364 g/mol. The molecular formula is C14H9BrCl2F2. The van der Waals surface area contributed by atoms with E-state index in [0.717, 1.165) is 16.1 Å². The zero-order valence-electron chi connectivity index (χ0n) is 9.64. The SMILES string of the molecule is Fc1ccc(CC(Cl)c2ccc(Cl)c(Br)c2)c(F)c1. The lowest BCUT2D eigenvalue weighted by molar-refractivity contribution is 0.570. The molecule has 2 rings (SSSR count). The van der Waals surface area contributed by atoms with Crippen molar-refractivity contribution in [1.29, 1.82) is 0 Å². The second-order valence-corrected chi connectivity index (χ2v) is 5.87. The van der Waals surface area contributed by atoms with E-state index in [9.17, 15) is 8.78 Å². The van der Waals surface area contributed by atoms with Crippen LogP contribution in [0.5, 0.6) is 0 Å². The van der Waals surface area contributed by atoms with Gasteiger partial charge in [-0.25, -0.2) is 8.78 Å². The molecule has 2 aromatic rings. The van der Waals surface area contributed by atoms with Crippen molar-refractivity contribution in [2.45, 2.75) is 11.8 Å². The van der Waals surface area contributed by atoms with Crippen LogP contribution in [-0.4, -0.2) is 0 Å². The van der Waals surface area contributed by atoms with E-state index < -0.39 is 17.0 Å². The molecule has 0 N–H and O–H groups in total. The van der Waals surface area contributed by atoms with Crippen LogP contribution in [0.3, 0.4) is 0 Å². The normalized spacial score (nSPS) is 12.5. The molecule has 0 radical (unpaired) electrons. The van der Waals surface area contributed by atoms with Gasteiger partial charge in [-0.3, -0.25) is 0 Å². The van der Waals surface area contributed by atoms with E-state index in [0.29, 0.717) is 10.6 Å². The highest BCUT2D eigenvalue weighted by atomic mass is 79.9. The van der Waals surface area contributed by atoms with Crippen LogP contribution in [0.15, 0.2) is 40.9 Å². The molecule has 0 bridgehead atoms. The average Bonchev–Trinajstić information content (AvgIpc) is 2.36. The largest absolute Gasteiger partial charge is 0.207 e. The molecule has 0 aliphatic rings. The van der Waals surface area contributed by atoms with Crippen LogP contribution in [-0.2, 0) is 6.42 Å². The Morgan fingerprint density at radius 3 is 2.47 bits per heavy atom. The molecule has 1 unspecified atom stereocenters. The smallest absolute Gasteiger partial charge is 0.129 e. The molecule has 1 atom stereocenters. The Labute approximate surface area is 128 Å². The molecular weight excluding hydrogens is 357 g/mol. The van der Waals surface area contributed by atoms with Crippen LogP contribution < -0.4 is 0 Å². The van der Waals surface area contributed by atoms with E-state index in [1.165, 1.54) is 12.1 Å². The van der Waals surface area contributed by atoms with Crippen molar-refractivity contribution in [2.24, 2.45) is 0 Å². The van der Waals surface area contributed by atoms with Gasteiger partial charge in [0.2, 0.25) is 0 Å². The Balaban J connectivity index is 2.20. The summed E-state index contributed by atoms with van der Waals surface area (Å²) in [6.07, 6.45) is 0.280. The molecule has 100 valence electrons. The number of rotatable bonds is 3.